The summed E-state index contributed by atoms with van der Waals surface area (Å²) in [6.07, 6.45) is 27.4. The number of pyridine rings is 1. The second kappa shape index (κ2) is 23.0. The van der Waals surface area contributed by atoms with Gasteiger partial charge in [0.05, 0.1) is 0 Å². The first-order valence-electron chi connectivity index (χ1n) is 11.3. The SMILES string of the molecule is CCCCCCCCCCCCCCCCCC[n+]1ccccc1.[O-][I+2]([O-])[O-]. The third-order valence-electron chi connectivity index (χ3n) is 5.05. The van der Waals surface area contributed by atoms with Gasteiger partial charge in [0.1, 0.15) is 6.54 Å². The molecule has 5 heteroatoms. The van der Waals surface area contributed by atoms with Crippen LogP contribution < -0.4 is 35.9 Å². The second-order valence-corrected chi connectivity index (χ2v) is 8.68. The predicted octanol–water partition coefficient (Wildman–Crippen LogP) is 0.673. The molecule has 1 aromatic heterocycles. The number of hydrogen-bond donors (Lipinski definition) is 0. The van der Waals surface area contributed by atoms with E-state index in [0.717, 1.165) is 0 Å². The number of nitrogens with zero attached hydrogens (tertiary/aromatic N) is 1. The van der Waals surface area contributed by atoms with Crippen LogP contribution in [0, 0.1) is 0 Å². The number of aromatic nitrogens is 1. The van der Waals surface area contributed by atoms with Gasteiger partial charge in [0, 0.05) is 18.6 Å². The van der Waals surface area contributed by atoms with Crippen molar-refractivity contribution in [2.45, 2.75) is 116 Å². The van der Waals surface area contributed by atoms with E-state index in [4.69, 9.17) is 10.3 Å². The molecule has 0 N–H and O–H groups in total. The third-order valence-corrected chi connectivity index (χ3v) is 5.05. The maximum Gasteiger partial charge on any atom is 0.282 e. The zero-order chi connectivity index (χ0) is 20.7. The van der Waals surface area contributed by atoms with Crippen molar-refractivity contribution in [1.29, 1.82) is 0 Å². The van der Waals surface area contributed by atoms with Gasteiger partial charge in [-0.25, -0.2) is 4.57 Å². The van der Waals surface area contributed by atoms with E-state index in [9.17, 15) is 0 Å². The Morgan fingerprint density at radius 2 is 0.857 bits per heavy atom. The summed E-state index contributed by atoms with van der Waals surface area (Å²) in [6.45, 7) is 3.48. The molecule has 0 saturated carbocycles. The number of halogens is 1. The van der Waals surface area contributed by atoms with E-state index in [1.807, 2.05) is 0 Å². The van der Waals surface area contributed by atoms with Crippen LogP contribution in [0.15, 0.2) is 30.6 Å². The molecule has 1 heterocycles. The van der Waals surface area contributed by atoms with Crippen molar-refractivity contribution in [3.8, 4) is 0 Å². The Hall–Kier alpha value is -0.240. The average Bonchev–Trinajstić information content (AvgIpc) is 2.68. The summed E-state index contributed by atoms with van der Waals surface area (Å²) < 4.78 is 28.0. The van der Waals surface area contributed by atoms with Gasteiger partial charge in [-0.15, -0.1) is 0 Å². The van der Waals surface area contributed by atoms with Crippen LogP contribution in [0.1, 0.15) is 110 Å². The molecule has 1 rings (SSSR count). The topological polar surface area (TPSA) is 73.1 Å². The maximum atomic E-state index is 8.57. The first-order valence-corrected chi connectivity index (χ1v) is 14.0. The lowest BCUT2D eigenvalue weighted by Gasteiger charge is -2.03. The van der Waals surface area contributed by atoms with E-state index in [-0.39, 0.29) is 0 Å². The van der Waals surface area contributed by atoms with Crippen molar-refractivity contribution >= 4 is 0 Å². The molecule has 0 aliphatic rings. The van der Waals surface area contributed by atoms with E-state index in [2.05, 4.69) is 42.1 Å². The van der Waals surface area contributed by atoms with Crippen LogP contribution in [-0.2, 0) is 6.54 Å². The molecule has 28 heavy (non-hydrogen) atoms. The Balaban J connectivity index is 0.00000165. The second-order valence-electron chi connectivity index (χ2n) is 7.61. The Morgan fingerprint density at radius 3 is 1.21 bits per heavy atom. The molecule has 0 bridgehead atoms. The van der Waals surface area contributed by atoms with Gasteiger partial charge in [-0.1, -0.05) is 103 Å². The minimum Gasteiger partial charge on any atom is -0.427 e. The van der Waals surface area contributed by atoms with Gasteiger partial charge >= 0.3 is 0 Å². The van der Waals surface area contributed by atoms with Gasteiger partial charge in [-0.05, 0) is 6.42 Å². The lowest BCUT2D eigenvalue weighted by Crippen LogP contribution is -4.05. The fraction of sp³-hybridized carbons (Fsp3) is 0.783. The first kappa shape index (κ1) is 27.8. The zero-order valence-corrected chi connectivity index (χ0v) is 20.1. The zero-order valence-electron chi connectivity index (χ0n) is 18.0. The molecule has 0 amide bonds. The lowest BCUT2D eigenvalue weighted by atomic mass is 10.0. The van der Waals surface area contributed by atoms with Gasteiger partial charge in [0.2, 0.25) is 0 Å². The summed E-state index contributed by atoms with van der Waals surface area (Å²) in [5, 5.41) is 0. The van der Waals surface area contributed by atoms with Crippen molar-refractivity contribution in [3.63, 3.8) is 0 Å². The van der Waals surface area contributed by atoms with Crippen LogP contribution in [0.3, 0.4) is 0 Å². The van der Waals surface area contributed by atoms with E-state index in [0.29, 0.717) is 0 Å². The molecular weight excluding hydrogens is 465 g/mol. The van der Waals surface area contributed by atoms with Crippen LogP contribution in [0.2, 0.25) is 0 Å². The van der Waals surface area contributed by atoms with Crippen LogP contribution >= 0.6 is 0 Å². The molecule has 0 fully saturated rings. The summed E-state index contributed by atoms with van der Waals surface area (Å²) in [7, 11) is 0. The minimum atomic E-state index is -4.01. The molecule has 4 nitrogen and oxygen atoms in total. The molecule has 0 aromatic carbocycles. The highest BCUT2D eigenvalue weighted by Crippen LogP contribution is 2.13. The van der Waals surface area contributed by atoms with Crippen molar-refractivity contribution in [2.24, 2.45) is 0 Å². The first-order chi connectivity index (χ1) is 13.7. The number of unbranched alkanes of at least 4 members (excludes halogenated alkanes) is 15. The van der Waals surface area contributed by atoms with Crippen molar-refractivity contribution in [3.05, 3.63) is 30.6 Å². The summed E-state index contributed by atoms with van der Waals surface area (Å²) in [6, 6.07) is 6.32. The van der Waals surface area contributed by atoms with Gasteiger partial charge in [0.25, 0.3) is 21.1 Å². The average molecular weight is 507 g/mol. The molecule has 164 valence electrons. The monoisotopic (exact) mass is 507 g/mol. The Labute approximate surface area is 182 Å². The lowest BCUT2D eigenvalue weighted by molar-refractivity contribution is -1.73. The highest BCUT2D eigenvalue weighted by Gasteiger charge is 1.98. The standard InChI is InChI=1S/C23H42N.IO3/c1-2-3-4-5-6-7-8-9-10-11-12-13-14-15-16-18-21-24-22-19-17-20-23-24;2-1(3)4/h17,19-20,22-23H,2-16,18,21H2,1H3;/q+1;-1. The Bertz CT molecular complexity index is 401. The van der Waals surface area contributed by atoms with Crippen LogP contribution in [-0.4, -0.2) is 0 Å². The fourth-order valence-electron chi connectivity index (χ4n) is 3.43. The minimum absolute atomic E-state index is 1.18. The number of rotatable bonds is 17. The van der Waals surface area contributed by atoms with Crippen molar-refractivity contribution in [2.75, 3.05) is 0 Å². The molecule has 1 aromatic rings. The summed E-state index contributed by atoms with van der Waals surface area (Å²) in [5.41, 5.74) is 0. The van der Waals surface area contributed by atoms with Gasteiger partial charge in [-0.3, -0.25) is 0 Å². The van der Waals surface area contributed by atoms with Gasteiger partial charge in [-0.2, -0.15) is 0 Å². The van der Waals surface area contributed by atoms with Crippen LogP contribution in [0.4, 0.5) is 0 Å². The van der Waals surface area contributed by atoms with Crippen LogP contribution in [0.5, 0.6) is 0 Å². The largest absolute Gasteiger partial charge is 0.427 e. The smallest absolute Gasteiger partial charge is 0.282 e. The van der Waals surface area contributed by atoms with Gasteiger partial charge < -0.3 is 10.3 Å². The molecule has 0 unspecified atom stereocenters. The quantitative estimate of drug-likeness (QED) is 0.177. The van der Waals surface area contributed by atoms with E-state index < -0.39 is 21.1 Å². The summed E-state index contributed by atoms with van der Waals surface area (Å²) in [5.74, 6) is 0. The molecule has 0 saturated heterocycles. The summed E-state index contributed by atoms with van der Waals surface area (Å²) in [4.78, 5) is 0. The highest BCUT2D eigenvalue weighted by atomic mass is 127. The van der Waals surface area contributed by atoms with E-state index >= 15 is 0 Å². The molecular formula is C23H42INO3. The van der Waals surface area contributed by atoms with E-state index in [1.165, 1.54) is 109 Å². The number of aryl methyl sites for hydroxylation is 1. The van der Waals surface area contributed by atoms with E-state index in [1.54, 1.807) is 0 Å². The Morgan fingerprint density at radius 1 is 0.536 bits per heavy atom. The van der Waals surface area contributed by atoms with Crippen molar-refractivity contribution < 1.29 is 35.9 Å². The maximum absolute atomic E-state index is 8.57. The molecule has 0 aliphatic carbocycles. The van der Waals surface area contributed by atoms with Crippen molar-refractivity contribution in [1.82, 2.24) is 0 Å². The molecule has 0 spiro atoms. The van der Waals surface area contributed by atoms with Crippen LogP contribution in [0.25, 0.3) is 0 Å². The molecule has 0 atom stereocenters. The predicted molar refractivity (Wildman–Crippen MR) is 106 cm³/mol. The van der Waals surface area contributed by atoms with Gasteiger partial charge in [0.15, 0.2) is 12.4 Å². The summed E-state index contributed by atoms with van der Waals surface area (Å²) >= 11 is -4.01. The molecule has 0 aliphatic heterocycles. The highest BCUT2D eigenvalue weighted by molar-refractivity contribution is 4.83. The normalized spacial score (nSPS) is 10.8. The number of hydrogen-bond acceptors (Lipinski definition) is 3. The Kier molecular flexibility index (Phi) is 22.8. The molecule has 0 radical (unpaired) electrons. The third kappa shape index (κ3) is 23.8. The fourth-order valence-corrected chi connectivity index (χ4v) is 3.43.